The first kappa shape index (κ1) is 5.85. The summed E-state index contributed by atoms with van der Waals surface area (Å²) in [5.41, 5.74) is 1.26. The van der Waals surface area contributed by atoms with Gasteiger partial charge in [-0.2, -0.15) is 11.3 Å². The molecule has 42 valence electrons. The van der Waals surface area contributed by atoms with E-state index < -0.39 is 0 Å². The van der Waals surface area contributed by atoms with Gasteiger partial charge in [0.05, 0.1) is 6.61 Å². The SMILES string of the molecule is BOCc1ccsc1. The second kappa shape index (κ2) is 2.90. The lowest BCUT2D eigenvalue weighted by molar-refractivity contribution is 0.339. The van der Waals surface area contributed by atoms with Gasteiger partial charge in [-0.1, -0.05) is 0 Å². The van der Waals surface area contributed by atoms with Crippen LogP contribution in [0.25, 0.3) is 0 Å². The molecule has 0 saturated carbocycles. The van der Waals surface area contributed by atoms with Crippen molar-refractivity contribution >= 4 is 19.4 Å². The van der Waals surface area contributed by atoms with Crippen LogP contribution in [0.15, 0.2) is 16.8 Å². The third-order valence-electron chi connectivity index (χ3n) is 0.891. The molecule has 0 aliphatic heterocycles. The van der Waals surface area contributed by atoms with Crippen LogP contribution in [-0.2, 0) is 11.3 Å². The molecule has 0 spiro atoms. The highest BCUT2D eigenvalue weighted by Gasteiger charge is 1.86. The minimum atomic E-state index is 0.740. The number of rotatable bonds is 2. The van der Waals surface area contributed by atoms with Crippen LogP contribution < -0.4 is 0 Å². The molecule has 0 aromatic carbocycles. The third-order valence-corrected chi connectivity index (χ3v) is 1.62. The second-order valence-electron chi connectivity index (χ2n) is 1.56. The maximum absolute atomic E-state index is 4.89. The van der Waals surface area contributed by atoms with Gasteiger partial charge in [0, 0.05) is 0 Å². The predicted octanol–water partition coefficient (Wildman–Crippen LogP) is 0.813. The normalized spacial score (nSPS) is 9.50. The van der Waals surface area contributed by atoms with Crippen molar-refractivity contribution in [1.29, 1.82) is 0 Å². The second-order valence-corrected chi connectivity index (χ2v) is 2.34. The summed E-state index contributed by atoms with van der Waals surface area (Å²) in [6, 6.07) is 2.06. The molecule has 1 rings (SSSR count). The first-order chi connectivity index (χ1) is 3.93. The van der Waals surface area contributed by atoms with Gasteiger partial charge in [-0.25, -0.2) is 0 Å². The molecule has 1 aromatic rings. The molecular formula is C5H7BOS. The zero-order valence-corrected chi connectivity index (χ0v) is 5.57. The molecular weight excluding hydrogens is 119 g/mol. The highest BCUT2D eigenvalue weighted by atomic mass is 32.1. The largest absolute Gasteiger partial charge is 0.440 e. The number of hydrogen-bond donors (Lipinski definition) is 0. The molecule has 1 heterocycles. The average molecular weight is 126 g/mol. The summed E-state index contributed by atoms with van der Waals surface area (Å²) < 4.78 is 4.89. The standard InChI is InChI=1S/C5H7BOS/c6-7-3-5-1-2-8-4-5/h1-2,4H,3,6H2. The van der Waals surface area contributed by atoms with Gasteiger partial charge in [0.25, 0.3) is 8.05 Å². The van der Waals surface area contributed by atoms with Crippen molar-refractivity contribution in [3.63, 3.8) is 0 Å². The van der Waals surface area contributed by atoms with E-state index in [0.29, 0.717) is 0 Å². The van der Waals surface area contributed by atoms with Crippen LogP contribution in [0, 0.1) is 0 Å². The molecule has 1 aromatic heterocycles. The van der Waals surface area contributed by atoms with Crippen molar-refractivity contribution in [3.8, 4) is 0 Å². The van der Waals surface area contributed by atoms with E-state index in [1.807, 2.05) is 5.38 Å². The fraction of sp³-hybridized carbons (Fsp3) is 0.200. The average Bonchev–Trinajstić information content (AvgIpc) is 2.19. The minimum Gasteiger partial charge on any atom is -0.440 e. The van der Waals surface area contributed by atoms with E-state index in [-0.39, 0.29) is 0 Å². The molecule has 0 radical (unpaired) electrons. The monoisotopic (exact) mass is 126 g/mol. The molecule has 0 bridgehead atoms. The summed E-state index contributed by atoms with van der Waals surface area (Å²) in [7, 11) is 1.71. The van der Waals surface area contributed by atoms with E-state index in [0.717, 1.165) is 6.61 Å². The lowest BCUT2D eigenvalue weighted by atomic mass is 10.4. The van der Waals surface area contributed by atoms with Crippen LogP contribution in [0.3, 0.4) is 0 Å². The molecule has 0 saturated heterocycles. The number of hydrogen-bond acceptors (Lipinski definition) is 2. The molecule has 0 unspecified atom stereocenters. The predicted molar refractivity (Wildman–Crippen MR) is 37.7 cm³/mol. The smallest absolute Gasteiger partial charge is 0.257 e. The van der Waals surface area contributed by atoms with Crippen molar-refractivity contribution in [2.24, 2.45) is 0 Å². The highest BCUT2D eigenvalue weighted by molar-refractivity contribution is 7.07. The maximum atomic E-state index is 4.89. The van der Waals surface area contributed by atoms with Crippen LogP contribution in [0.2, 0.25) is 0 Å². The Bertz CT molecular complexity index is 138. The Labute approximate surface area is 53.7 Å². The molecule has 1 nitrogen and oxygen atoms in total. The van der Waals surface area contributed by atoms with Crippen LogP contribution in [0.1, 0.15) is 5.56 Å². The fourth-order valence-corrected chi connectivity index (χ4v) is 1.19. The Morgan fingerprint density at radius 1 is 1.75 bits per heavy atom. The van der Waals surface area contributed by atoms with Gasteiger partial charge < -0.3 is 4.65 Å². The molecule has 8 heavy (non-hydrogen) atoms. The van der Waals surface area contributed by atoms with Gasteiger partial charge >= 0.3 is 0 Å². The van der Waals surface area contributed by atoms with Crippen molar-refractivity contribution < 1.29 is 4.65 Å². The van der Waals surface area contributed by atoms with Crippen LogP contribution in [-0.4, -0.2) is 8.05 Å². The Morgan fingerprint density at radius 3 is 3.12 bits per heavy atom. The lowest BCUT2D eigenvalue weighted by Crippen LogP contribution is -1.82. The van der Waals surface area contributed by atoms with Crippen molar-refractivity contribution in [3.05, 3.63) is 22.4 Å². The Morgan fingerprint density at radius 2 is 2.62 bits per heavy atom. The maximum Gasteiger partial charge on any atom is 0.257 e. The van der Waals surface area contributed by atoms with Gasteiger partial charge in [-0.3, -0.25) is 0 Å². The Kier molecular flexibility index (Phi) is 2.12. The van der Waals surface area contributed by atoms with Crippen molar-refractivity contribution in [2.75, 3.05) is 0 Å². The summed E-state index contributed by atoms with van der Waals surface area (Å²) in [4.78, 5) is 0. The molecule has 0 aliphatic rings. The van der Waals surface area contributed by atoms with E-state index in [2.05, 4.69) is 11.4 Å². The van der Waals surface area contributed by atoms with Gasteiger partial charge in [0.1, 0.15) is 0 Å². The molecule has 0 N–H and O–H groups in total. The molecule has 3 heteroatoms. The van der Waals surface area contributed by atoms with Gasteiger partial charge in [0.15, 0.2) is 0 Å². The van der Waals surface area contributed by atoms with E-state index >= 15 is 0 Å². The summed E-state index contributed by atoms with van der Waals surface area (Å²) in [5, 5.41) is 4.14. The zero-order valence-electron chi connectivity index (χ0n) is 4.76. The Balaban J connectivity index is 2.50. The van der Waals surface area contributed by atoms with E-state index in [4.69, 9.17) is 4.65 Å². The quantitative estimate of drug-likeness (QED) is 0.533. The van der Waals surface area contributed by atoms with E-state index in [1.165, 1.54) is 5.56 Å². The zero-order chi connectivity index (χ0) is 5.82. The van der Waals surface area contributed by atoms with Crippen LogP contribution in [0.5, 0.6) is 0 Å². The summed E-state index contributed by atoms with van der Waals surface area (Å²) in [6.07, 6.45) is 0. The minimum absolute atomic E-state index is 0.740. The fourth-order valence-electron chi connectivity index (χ4n) is 0.541. The lowest BCUT2D eigenvalue weighted by Gasteiger charge is -1.90. The molecule has 0 amide bonds. The van der Waals surface area contributed by atoms with Crippen molar-refractivity contribution in [2.45, 2.75) is 6.61 Å². The molecule has 0 atom stereocenters. The molecule has 0 fully saturated rings. The first-order valence-electron chi connectivity index (χ1n) is 2.43. The molecule has 0 aliphatic carbocycles. The Hall–Kier alpha value is -0.275. The summed E-state index contributed by atoms with van der Waals surface area (Å²) in [6.45, 7) is 0.740. The van der Waals surface area contributed by atoms with Gasteiger partial charge in [-0.05, 0) is 22.4 Å². The summed E-state index contributed by atoms with van der Waals surface area (Å²) in [5.74, 6) is 0. The third kappa shape index (κ3) is 1.35. The van der Waals surface area contributed by atoms with Gasteiger partial charge in [-0.15, -0.1) is 0 Å². The summed E-state index contributed by atoms with van der Waals surface area (Å²) >= 11 is 1.70. The van der Waals surface area contributed by atoms with Crippen LogP contribution in [0.4, 0.5) is 0 Å². The highest BCUT2D eigenvalue weighted by Crippen LogP contribution is 2.05. The first-order valence-corrected chi connectivity index (χ1v) is 3.38. The number of thiophene rings is 1. The van der Waals surface area contributed by atoms with Crippen molar-refractivity contribution in [1.82, 2.24) is 0 Å². The van der Waals surface area contributed by atoms with Gasteiger partial charge in [0.2, 0.25) is 0 Å². The van der Waals surface area contributed by atoms with E-state index in [9.17, 15) is 0 Å². The van der Waals surface area contributed by atoms with E-state index in [1.54, 1.807) is 19.4 Å². The van der Waals surface area contributed by atoms with Crippen LogP contribution >= 0.6 is 11.3 Å². The topological polar surface area (TPSA) is 9.23 Å².